The Balaban J connectivity index is 2.11. The maximum atomic E-state index is 12.5. The molecule has 0 spiro atoms. The van der Waals surface area contributed by atoms with Gasteiger partial charge in [-0.1, -0.05) is 6.07 Å². The molecular formula is C18H20N2O5S. The number of anilines is 1. The van der Waals surface area contributed by atoms with Gasteiger partial charge in [-0.05, 0) is 37.6 Å². The number of thioether (sulfide) groups is 1. The van der Waals surface area contributed by atoms with Gasteiger partial charge in [0.2, 0.25) is 5.91 Å². The summed E-state index contributed by atoms with van der Waals surface area (Å²) < 4.78 is 10.5. The highest BCUT2D eigenvalue weighted by molar-refractivity contribution is 8.00. The highest BCUT2D eigenvalue weighted by Crippen LogP contribution is 2.34. The Bertz CT molecular complexity index is 825. The monoisotopic (exact) mass is 376 g/mol. The van der Waals surface area contributed by atoms with Crippen LogP contribution in [0.5, 0.6) is 11.5 Å². The average molecular weight is 376 g/mol. The van der Waals surface area contributed by atoms with Crippen LogP contribution in [0.2, 0.25) is 0 Å². The van der Waals surface area contributed by atoms with Gasteiger partial charge in [0, 0.05) is 17.0 Å². The van der Waals surface area contributed by atoms with Crippen molar-refractivity contribution in [3.8, 4) is 11.5 Å². The lowest BCUT2D eigenvalue weighted by atomic mass is 10.2. The van der Waals surface area contributed by atoms with E-state index >= 15 is 0 Å². The Morgan fingerprint density at radius 1 is 1.15 bits per heavy atom. The van der Waals surface area contributed by atoms with Crippen molar-refractivity contribution in [3.63, 3.8) is 0 Å². The van der Waals surface area contributed by atoms with Gasteiger partial charge in [0.05, 0.1) is 30.1 Å². The van der Waals surface area contributed by atoms with Gasteiger partial charge in [0.25, 0.3) is 5.69 Å². The van der Waals surface area contributed by atoms with E-state index in [1.165, 1.54) is 23.9 Å². The molecule has 0 saturated heterocycles. The number of aryl methyl sites for hydroxylation is 1. The summed E-state index contributed by atoms with van der Waals surface area (Å²) in [5.41, 5.74) is 1.13. The summed E-state index contributed by atoms with van der Waals surface area (Å²) in [4.78, 5) is 23.7. The molecule has 2 aromatic carbocycles. The fourth-order valence-electron chi connectivity index (χ4n) is 2.24. The number of non-ortho nitro benzene ring substituents is 1. The van der Waals surface area contributed by atoms with Crippen LogP contribution in [0.15, 0.2) is 41.3 Å². The third-order valence-corrected chi connectivity index (χ3v) is 4.82. The quantitative estimate of drug-likeness (QED) is 0.445. The number of carbonyl (C=O) groups excluding carboxylic acids is 1. The number of benzene rings is 2. The molecular weight excluding hydrogens is 356 g/mol. The smallest absolute Gasteiger partial charge is 0.271 e. The van der Waals surface area contributed by atoms with Gasteiger partial charge < -0.3 is 14.8 Å². The van der Waals surface area contributed by atoms with E-state index in [1.807, 2.05) is 6.07 Å². The number of amides is 1. The van der Waals surface area contributed by atoms with Crippen LogP contribution in [0.3, 0.4) is 0 Å². The Labute approximate surface area is 155 Å². The van der Waals surface area contributed by atoms with Gasteiger partial charge in [-0.25, -0.2) is 0 Å². The van der Waals surface area contributed by atoms with E-state index in [1.54, 1.807) is 46.3 Å². The first-order valence-corrected chi connectivity index (χ1v) is 8.68. The lowest BCUT2D eigenvalue weighted by molar-refractivity contribution is -0.384. The number of methoxy groups -OCH3 is 2. The highest BCUT2D eigenvalue weighted by Gasteiger charge is 2.18. The van der Waals surface area contributed by atoms with E-state index in [2.05, 4.69) is 5.32 Å². The van der Waals surface area contributed by atoms with Crippen molar-refractivity contribution < 1.29 is 19.2 Å². The van der Waals surface area contributed by atoms with Crippen molar-refractivity contribution in [2.24, 2.45) is 0 Å². The number of nitro benzene ring substituents is 1. The van der Waals surface area contributed by atoms with Crippen LogP contribution >= 0.6 is 11.8 Å². The van der Waals surface area contributed by atoms with Crippen LogP contribution in [0, 0.1) is 17.0 Å². The molecule has 138 valence electrons. The summed E-state index contributed by atoms with van der Waals surface area (Å²) in [6, 6.07) is 9.80. The summed E-state index contributed by atoms with van der Waals surface area (Å²) in [6.07, 6.45) is 0. The van der Waals surface area contributed by atoms with Crippen molar-refractivity contribution in [1.82, 2.24) is 0 Å². The van der Waals surface area contributed by atoms with Gasteiger partial charge >= 0.3 is 0 Å². The van der Waals surface area contributed by atoms with Gasteiger partial charge in [0.15, 0.2) is 11.5 Å². The second kappa shape index (κ2) is 8.57. The molecule has 0 fully saturated rings. The van der Waals surface area contributed by atoms with E-state index in [4.69, 9.17) is 9.47 Å². The maximum absolute atomic E-state index is 12.5. The lowest BCUT2D eigenvalue weighted by Gasteiger charge is -2.14. The average Bonchev–Trinajstić information content (AvgIpc) is 2.62. The Kier molecular flexibility index (Phi) is 6.46. The minimum atomic E-state index is -0.489. The van der Waals surface area contributed by atoms with E-state index < -0.39 is 10.2 Å². The lowest BCUT2D eigenvalue weighted by Crippen LogP contribution is -2.22. The first-order valence-electron chi connectivity index (χ1n) is 7.80. The maximum Gasteiger partial charge on any atom is 0.271 e. The summed E-state index contributed by atoms with van der Waals surface area (Å²) >= 11 is 1.35. The van der Waals surface area contributed by atoms with Crippen LogP contribution in [0.25, 0.3) is 0 Å². The minimum absolute atomic E-state index is 0.0638. The van der Waals surface area contributed by atoms with Crippen molar-refractivity contribution >= 4 is 29.0 Å². The molecule has 1 unspecified atom stereocenters. The largest absolute Gasteiger partial charge is 0.493 e. The first-order chi connectivity index (χ1) is 12.3. The molecule has 2 rings (SSSR count). The standard InChI is InChI=1S/C18H20N2O5S/c1-11-5-6-13(20(22)23)9-15(11)19-18(21)12(2)26-14-7-8-16(24-3)17(10-14)25-4/h5-10,12H,1-4H3,(H,19,21). The van der Waals surface area contributed by atoms with Gasteiger partial charge in [-0.2, -0.15) is 0 Å². The minimum Gasteiger partial charge on any atom is -0.493 e. The van der Waals surface area contributed by atoms with Crippen LogP contribution in [-0.2, 0) is 4.79 Å². The van der Waals surface area contributed by atoms with Crippen molar-refractivity contribution in [3.05, 3.63) is 52.1 Å². The molecule has 0 heterocycles. The molecule has 1 atom stereocenters. The van der Waals surface area contributed by atoms with Gasteiger partial charge in [-0.15, -0.1) is 11.8 Å². The van der Waals surface area contributed by atoms with Crippen molar-refractivity contribution in [2.75, 3.05) is 19.5 Å². The zero-order valence-corrected chi connectivity index (χ0v) is 15.8. The van der Waals surface area contributed by atoms with E-state index in [9.17, 15) is 14.9 Å². The molecule has 7 nitrogen and oxygen atoms in total. The zero-order valence-electron chi connectivity index (χ0n) is 14.9. The normalized spacial score (nSPS) is 11.5. The molecule has 0 bridgehead atoms. The third kappa shape index (κ3) is 4.66. The van der Waals surface area contributed by atoms with Gasteiger partial charge in [-0.3, -0.25) is 14.9 Å². The summed E-state index contributed by atoms with van der Waals surface area (Å²) in [6.45, 7) is 3.55. The molecule has 1 N–H and O–H groups in total. The summed E-state index contributed by atoms with van der Waals surface area (Å²) in [7, 11) is 3.11. The number of hydrogen-bond acceptors (Lipinski definition) is 6. The Morgan fingerprint density at radius 2 is 1.85 bits per heavy atom. The fourth-order valence-corrected chi connectivity index (χ4v) is 3.14. The molecule has 0 radical (unpaired) electrons. The Morgan fingerprint density at radius 3 is 2.46 bits per heavy atom. The van der Waals surface area contributed by atoms with Crippen LogP contribution in [-0.4, -0.2) is 30.3 Å². The summed E-state index contributed by atoms with van der Waals surface area (Å²) in [5, 5.41) is 13.3. The third-order valence-electron chi connectivity index (χ3n) is 3.73. The number of carbonyl (C=O) groups is 1. The molecule has 1 amide bonds. The first kappa shape index (κ1) is 19.6. The molecule has 0 aliphatic rings. The second-order valence-electron chi connectivity index (χ2n) is 5.52. The number of nitrogens with zero attached hydrogens (tertiary/aromatic N) is 1. The predicted molar refractivity (Wildman–Crippen MR) is 101 cm³/mol. The number of rotatable bonds is 7. The predicted octanol–water partition coefficient (Wildman–Crippen LogP) is 4.04. The fraction of sp³-hybridized carbons (Fsp3) is 0.278. The molecule has 0 aliphatic carbocycles. The number of hydrogen-bond donors (Lipinski definition) is 1. The van der Waals surface area contributed by atoms with E-state index in [0.29, 0.717) is 17.2 Å². The van der Waals surface area contributed by atoms with E-state index in [0.717, 1.165) is 10.5 Å². The molecule has 26 heavy (non-hydrogen) atoms. The molecule has 0 aromatic heterocycles. The van der Waals surface area contributed by atoms with Crippen LogP contribution < -0.4 is 14.8 Å². The van der Waals surface area contributed by atoms with Gasteiger partial charge in [0.1, 0.15) is 0 Å². The summed E-state index contributed by atoms with van der Waals surface area (Å²) in [5.74, 6) is 0.953. The molecule has 0 aliphatic heterocycles. The Hall–Kier alpha value is -2.74. The van der Waals surface area contributed by atoms with Crippen molar-refractivity contribution in [2.45, 2.75) is 24.0 Å². The van der Waals surface area contributed by atoms with Crippen LogP contribution in [0.1, 0.15) is 12.5 Å². The molecule has 0 saturated carbocycles. The number of nitro groups is 1. The SMILES string of the molecule is COc1ccc(SC(C)C(=O)Nc2cc([N+](=O)[O-])ccc2C)cc1OC. The molecule has 8 heteroatoms. The highest BCUT2D eigenvalue weighted by atomic mass is 32.2. The van der Waals surface area contributed by atoms with E-state index in [-0.39, 0.29) is 11.6 Å². The molecule has 2 aromatic rings. The second-order valence-corrected chi connectivity index (χ2v) is 6.94. The zero-order chi connectivity index (χ0) is 19.3. The number of nitrogens with one attached hydrogen (secondary N) is 1. The van der Waals surface area contributed by atoms with Crippen molar-refractivity contribution in [1.29, 1.82) is 0 Å². The number of ether oxygens (including phenoxy) is 2. The van der Waals surface area contributed by atoms with Crippen LogP contribution in [0.4, 0.5) is 11.4 Å². The topological polar surface area (TPSA) is 90.7 Å².